The van der Waals surface area contributed by atoms with Gasteiger partial charge in [0.05, 0.1) is 11.1 Å². The number of hydrogen-bond acceptors (Lipinski definition) is 4. The third-order valence-electron chi connectivity index (χ3n) is 2.49. The van der Waals surface area contributed by atoms with E-state index in [1.54, 1.807) is 24.3 Å². The molecule has 0 radical (unpaired) electrons. The topological polar surface area (TPSA) is 49.6 Å². The Balaban J connectivity index is 1.87. The lowest BCUT2D eigenvalue weighted by atomic mass is 10.1. The molecule has 0 spiro atoms. The molecule has 0 atom stereocenters. The van der Waals surface area contributed by atoms with Crippen LogP contribution < -0.4 is 0 Å². The van der Waals surface area contributed by atoms with E-state index in [9.17, 15) is 0 Å². The van der Waals surface area contributed by atoms with Crippen molar-refractivity contribution in [2.45, 2.75) is 24.3 Å². The molecule has 1 saturated carbocycles. The first-order valence-corrected chi connectivity index (χ1v) is 5.59. The van der Waals surface area contributed by atoms with Gasteiger partial charge in [0.2, 0.25) is 0 Å². The largest absolute Gasteiger partial charge is 0.245 e. The summed E-state index contributed by atoms with van der Waals surface area (Å²) in [5.41, 5.74) is 0.296. The highest BCUT2D eigenvalue weighted by atomic mass is 32.2. The molecule has 0 aromatic carbocycles. The Kier molecular flexibility index (Phi) is 2.69. The Morgan fingerprint density at radius 1 is 1.57 bits per heavy atom. The fourth-order valence-electron chi connectivity index (χ4n) is 1.31. The summed E-state index contributed by atoms with van der Waals surface area (Å²) in [6.07, 6.45) is 6.38. The molecule has 0 N–H and O–H groups in total. The van der Waals surface area contributed by atoms with Gasteiger partial charge in [-0.3, -0.25) is 0 Å². The van der Waals surface area contributed by atoms with Crippen LogP contribution in [-0.2, 0) is 0 Å². The van der Waals surface area contributed by atoms with E-state index in [4.69, 9.17) is 5.26 Å². The second-order valence-electron chi connectivity index (χ2n) is 3.67. The smallest absolute Gasteiger partial charge is 0.116 e. The van der Waals surface area contributed by atoms with Crippen molar-refractivity contribution in [1.82, 2.24) is 9.97 Å². The van der Waals surface area contributed by atoms with Crippen LogP contribution in [0.15, 0.2) is 23.6 Å². The van der Waals surface area contributed by atoms with E-state index in [0.717, 1.165) is 10.8 Å². The minimum Gasteiger partial charge on any atom is -0.245 e. The van der Waals surface area contributed by atoms with Gasteiger partial charge < -0.3 is 0 Å². The maximum atomic E-state index is 8.65. The molecule has 1 heterocycles. The van der Waals surface area contributed by atoms with Crippen LogP contribution in [0.25, 0.3) is 0 Å². The van der Waals surface area contributed by atoms with Crippen molar-refractivity contribution in [3.63, 3.8) is 0 Å². The monoisotopic (exact) mass is 205 g/mol. The Morgan fingerprint density at radius 3 is 3.00 bits per heavy atom. The average Bonchev–Trinajstić information content (AvgIpc) is 2.98. The van der Waals surface area contributed by atoms with Crippen LogP contribution in [-0.4, -0.2) is 15.7 Å². The molecule has 4 heteroatoms. The summed E-state index contributed by atoms with van der Waals surface area (Å²) in [5, 5.41) is 9.66. The highest BCUT2D eigenvalue weighted by Gasteiger charge is 2.42. The number of nitrogens with zero attached hydrogens (tertiary/aromatic N) is 3. The normalized spacial score (nSPS) is 17.4. The van der Waals surface area contributed by atoms with E-state index in [0.29, 0.717) is 11.8 Å². The molecule has 1 aliphatic carbocycles. The van der Waals surface area contributed by atoms with Gasteiger partial charge in [0.15, 0.2) is 0 Å². The fraction of sp³-hybridized carbons (Fsp3) is 0.500. The van der Waals surface area contributed by atoms with Gasteiger partial charge in [-0.2, -0.15) is 5.26 Å². The predicted molar refractivity (Wildman–Crippen MR) is 54.7 cm³/mol. The van der Waals surface area contributed by atoms with Crippen molar-refractivity contribution in [3.05, 3.63) is 18.6 Å². The lowest BCUT2D eigenvalue weighted by Crippen LogP contribution is -2.02. The van der Waals surface area contributed by atoms with Crippen LogP contribution in [0.3, 0.4) is 0 Å². The average molecular weight is 205 g/mol. The number of aromatic nitrogens is 2. The molecule has 0 bridgehead atoms. The second kappa shape index (κ2) is 3.97. The first-order chi connectivity index (χ1) is 6.85. The molecule has 2 rings (SSSR count). The first kappa shape index (κ1) is 9.47. The Morgan fingerprint density at radius 2 is 2.43 bits per heavy atom. The quantitative estimate of drug-likeness (QED) is 0.559. The van der Waals surface area contributed by atoms with Gasteiger partial charge in [-0.05, 0) is 24.3 Å². The van der Waals surface area contributed by atoms with Crippen molar-refractivity contribution < 1.29 is 0 Å². The summed E-state index contributed by atoms with van der Waals surface area (Å²) in [6.45, 7) is 0. The van der Waals surface area contributed by atoms with Crippen LogP contribution in [0, 0.1) is 16.7 Å². The van der Waals surface area contributed by atoms with Crippen molar-refractivity contribution in [1.29, 1.82) is 5.26 Å². The summed E-state index contributed by atoms with van der Waals surface area (Å²) in [7, 11) is 0. The van der Waals surface area contributed by atoms with Gasteiger partial charge in [0.1, 0.15) is 6.33 Å². The number of nitriles is 1. The molecular formula is C10H11N3S. The maximum absolute atomic E-state index is 8.65. The van der Waals surface area contributed by atoms with Crippen LogP contribution >= 0.6 is 11.8 Å². The van der Waals surface area contributed by atoms with Crippen molar-refractivity contribution in [2.75, 3.05) is 5.75 Å². The molecule has 1 aromatic heterocycles. The van der Waals surface area contributed by atoms with E-state index in [1.165, 1.54) is 12.8 Å². The van der Waals surface area contributed by atoms with Gasteiger partial charge in [-0.25, -0.2) is 9.97 Å². The molecule has 14 heavy (non-hydrogen) atoms. The number of rotatable bonds is 4. The van der Waals surface area contributed by atoms with E-state index >= 15 is 0 Å². The van der Waals surface area contributed by atoms with Gasteiger partial charge in [-0.15, -0.1) is 11.8 Å². The minimum absolute atomic E-state index is 0.296. The zero-order chi connectivity index (χ0) is 9.86. The van der Waals surface area contributed by atoms with Crippen molar-refractivity contribution >= 4 is 11.8 Å². The standard InChI is InChI=1S/C10H11N3S/c11-5-4-10(2-3-10)7-14-9-1-6-12-8-13-9/h1,6,8H,2-4,7H2. The van der Waals surface area contributed by atoms with Crippen LogP contribution in [0.4, 0.5) is 0 Å². The van der Waals surface area contributed by atoms with Gasteiger partial charge >= 0.3 is 0 Å². The molecule has 1 aliphatic rings. The molecule has 3 nitrogen and oxygen atoms in total. The zero-order valence-corrected chi connectivity index (χ0v) is 8.63. The maximum Gasteiger partial charge on any atom is 0.116 e. The lowest BCUT2D eigenvalue weighted by molar-refractivity contribution is 0.603. The molecule has 1 fully saturated rings. The molecule has 0 aliphatic heterocycles. The van der Waals surface area contributed by atoms with E-state index in [2.05, 4.69) is 16.0 Å². The fourth-order valence-corrected chi connectivity index (χ4v) is 2.43. The highest BCUT2D eigenvalue weighted by Crippen LogP contribution is 2.51. The first-order valence-electron chi connectivity index (χ1n) is 4.60. The summed E-state index contributed by atoms with van der Waals surface area (Å²) < 4.78 is 0. The summed E-state index contributed by atoms with van der Waals surface area (Å²) >= 11 is 1.73. The van der Waals surface area contributed by atoms with Gasteiger partial charge in [0.25, 0.3) is 0 Å². The lowest BCUT2D eigenvalue weighted by Gasteiger charge is -2.08. The van der Waals surface area contributed by atoms with Crippen molar-refractivity contribution in [3.8, 4) is 6.07 Å². The Bertz CT molecular complexity index is 340. The third kappa shape index (κ3) is 2.24. The molecule has 0 saturated heterocycles. The number of thioether (sulfide) groups is 1. The SMILES string of the molecule is N#CCC1(CSc2ccncn2)CC1. The Labute approximate surface area is 87.6 Å². The Hall–Kier alpha value is -1.08. The van der Waals surface area contributed by atoms with Crippen LogP contribution in [0.5, 0.6) is 0 Å². The number of hydrogen-bond donors (Lipinski definition) is 0. The summed E-state index contributed by atoms with van der Waals surface area (Å²) in [6, 6.07) is 4.17. The molecular weight excluding hydrogens is 194 g/mol. The minimum atomic E-state index is 0.296. The second-order valence-corrected chi connectivity index (χ2v) is 4.67. The highest BCUT2D eigenvalue weighted by molar-refractivity contribution is 7.99. The predicted octanol–water partition coefficient (Wildman–Crippen LogP) is 2.26. The van der Waals surface area contributed by atoms with E-state index in [1.807, 2.05) is 6.07 Å². The molecule has 1 aromatic rings. The summed E-state index contributed by atoms with van der Waals surface area (Å²) in [4.78, 5) is 8.00. The zero-order valence-electron chi connectivity index (χ0n) is 7.81. The van der Waals surface area contributed by atoms with E-state index < -0.39 is 0 Å². The van der Waals surface area contributed by atoms with Gasteiger partial charge in [0, 0.05) is 18.4 Å². The van der Waals surface area contributed by atoms with E-state index in [-0.39, 0.29) is 0 Å². The molecule has 0 amide bonds. The summed E-state index contributed by atoms with van der Waals surface area (Å²) in [5.74, 6) is 1.01. The molecule has 0 unspecified atom stereocenters. The molecule has 72 valence electrons. The third-order valence-corrected chi connectivity index (χ3v) is 3.79. The van der Waals surface area contributed by atoms with Crippen LogP contribution in [0.2, 0.25) is 0 Å². The van der Waals surface area contributed by atoms with Gasteiger partial charge in [-0.1, -0.05) is 0 Å². The van der Waals surface area contributed by atoms with Crippen molar-refractivity contribution in [2.24, 2.45) is 5.41 Å². The van der Waals surface area contributed by atoms with Crippen LogP contribution in [0.1, 0.15) is 19.3 Å².